The van der Waals surface area contributed by atoms with Gasteiger partial charge in [0, 0.05) is 17.2 Å². The van der Waals surface area contributed by atoms with Crippen LogP contribution in [0, 0.1) is 17.0 Å². The molecule has 0 atom stereocenters. The molecule has 0 fully saturated rings. The minimum absolute atomic E-state index is 0.000378. The Kier molecular flexibility index (Phi) is 3.98. The van der Waals surface area contributed by atoms with Gasteiger partial charge >= 0.3 is 5.97 Å². The molecule has 0 bridgehead atoms. The molecule has 0 spiro atoms. The van der Waals surface area contributed by atoms with Gasteiger partial charge in [-0.25, -0.2) is 4.79 Å². The van der Waals surface area contributed by atoms with Crippen molar-refractivity contribution in [1.82, 2.24) is 0 Å². The highest BCUT2D eigenvalue weighted by Gasteiger charge is 2.13. The van der Waals surface area contributed by atoms with Gasteiger partial charge in [0.2, 0.25) is 0 Å². The molecule has 1 aromatic rings. The number of nitro benzene ring substituents is 1. The van der Waals surface area contributed by atoms with E-state index in [1.807, 2.05) is 0 Å². The van der Waals surface area contributed by atoms with Crippen LogP contribution in [0.2, 0.25) is 0 Å². The van der Waals surface area contributed by atoms with E-state index >= 15 is 0 Å². The second-order valence-corrected chi connectivity index (χ2v) is 3.58. The van der Waals surface area contributed by atoms with Crippen LogP contribution in [0.5, 0.6) is 0 Å². The molecule has 0 saturated carbocycles. The minimum atomic E-state index is -1.00. The van der Waals surface area contributed by atoms with Gasteiger partial charge in [-0.2, -0.15) is 0 Å². The van der Waals surface area contributed by atoms with E-state index in [1.165, 1.54) is 12.1 Å². The van der Waals surface area contributed by atoms with Crippen molar-refractivity contribution < 1.29 is 14.8 Å². The van der Waals surface area contributed by atoms with Crippen LogP contribution in [0.3, 0.4) is 0 Å². The highest BCUT2D eigenvalue weighted by atomic mass is 16.6. The van der Waals surface area contributed by atoms with Crippen molar-refractivity contribution in [3.63, 3.8) is 0 Å². The quantitative estimate of drug-likeness (QED) is 0.494. The Hall–Kier alpha value is -2.17. The van der Waals surface area contributed by atoms with Crippen molar-refractivity contribution in [2.24, 2.45) is 0 Å². The number of carboxylic acids is 1. The Morgan fingerprint density at radius 2 is 2.18 bits per heavy atom. The molecule has 0 amide bonds. The number of aliphatic carboxylic acids is 1. The normalized spacial score (nSPS) is 11.3. The van der Waals surface area contributed by atoms with Crippen LogP contribution >= 0.6 is 0 Å². The molecule has 0 aliphatic heterocycles. The van der Waals surface area contributed by atoms with Crippen LogP contribution in [0.4, 0.5) is 5.69 Å². The number of nitro groups is 1. The first-order chi connectivity index (χ1) is 7.97. The van der Waals surface area contributed by atoms with Crippen LogP contribution < -0.4 is 0 Å². The molecule has 5 heteroatoms. The first-order valence-electron chi connectivity index (χ1n) is 5.15. The highest BCUT2D eigenvalue weighted by molar-refractivity contribution is 5.92. The van der Waals surface area contributed by atoms with E-state index in [0.29, 0.717) is 17.5 Å². The van der Waals surface area contributed by atoms with Gasteiger partial charge in [0.25, 0.3) is 5.69 Å². The van der Waals surface area contributed by atoms with Crippen molar-refractivity contribution in [3.05, 3.63) is 45.0 Å². The van der Waals surface area contributed by atoms with E-state index in [2.05, 4.69) is 0 Å². The molecular formula is C12H13NO4. The number of carbonyl (C=O) groups is 1. The van der Waals surface area contributed by atoms with E-state index < -0.39 is 10.9 Å². The molecular weight excluding hydrogens is 222 g/mol. The van der Waals surface area contributed by atoms with Gasteiger partial charge in [-0.3, -0.25) is 10.1 Å². The van der Waals surface area contributed by atoms with E-state index in [0.717, 1.165) is 0 Å². The predicted octanol–water partition coefficient (Wildman–Crippen LogP) is 2.78. The predicted molar refractivity (Wildman–Crippen MR) is 63.7 cm³/mol. The molecule has 1 aromatic carbocycles. The van der Waals surface area contributed by atoms with E-state index in [1.54, 1.807) is 26.0 Å². The summed E-state index contributed by atoms with van der Waals surface area (Å²) in [7, 11) is 0. The lowest BCUT2D eigenvalue weighted by molar-refractivity contribution is -0.385. The Morgan fingerprint density at radius 1 is 1.53 bits per heavy atom. The number of hydrogen-bond donors (Lipinski definition) is 1. The van der Waals surface area contributed by atoms with E-state index in [4.69, 9.17) is 5.11 Å². The SMILES string of the molecule is CCC(=Cc1cccc([N+](=O)[O-])c1C)C(=O)O. The summed E-state index contributed by atoms with van der Waals surface area (Å²) >= 11 is 0. The summed E-state index contributed by atoms with van der Waals surface area (Å²) < 4.78 is 0. The van der Waals surface area contributed by atoms with E-state index in [9.17, 15) is 14.9 Å². The average Bonchev–Trinajstić information content (AvgIpc) is 2.26. The maximum absolute atomic E-state index is 10.9. The lowest BCUT2D eigenvalue weighted by Crippen LogP contribution is -2.00. The third-order valence-electron chi connectivity index (χ3n) is 2.53. The van der Waals surface area contributed by atoms with Crippen molar-refractivity contribution in [3.8, 4) is 0 Å². The van der Waals surface area contributed by atoms with Crippen molar-refractivity contribution >= 4 is 17.7 Å². The summed E-state index contributed by atoms with van der Waals surface area (Å²) in [6, 6.07) is 4.62. The molecule has 0 aliphatic carbocycles. The zero-order chi connectivity index (χ0) is 13.0. The summed E-state index contributed by atoms with van der Waals surface area (Å²) in [4.78, 5) is 21.1. The largest absolute Gasteiger partial charge is 0.478 e. The topological polar surface area (TPSA) is 80.4 Å². The zero-order valence-corrected chi connectivity index (χ0v) is 9.64. The third-order valence-corrected chi connectivity index (χ3v) is 2.53. The molecule has 0 radical (unpaired) electrons. The lowest BCUT2D eigenvalue weighted by Gasteiger charge is -2.03. The Morgan fingerprint density at radius 3 is 2.65 bits per heavy atom. The van der Waals surface area contributed by atoms with Gasteiger partial charge in [-0.1, -0.05) is 19.1 Å². The Bertz CT molecular complexity index is 491. The smallest absolute Gasteiger partial charge is 0.331 e. The first-order valence-corrected chi connectivity index (χ1v) is 5.15. The van der Waals surface area contributed by atoms with Crippen LogP contribution in [0.25, 0.3) is 6.08 Å². The molecule has 0 saturated heterocycles. The van der Waals surface area contributed by atoms with Gasteiger partial charge in [-0.15, -0.1) is 0 Å². The second kappa shape index (κ2) is 5.25. The minimum Gasteiger partial charge on any atom is -0.478 e. The van der Waals surface area contributed by atoms with Gasteiger partial charge < -0.3 is 5.11 Å². The fourth-order valence-electron chi connectivity index (χ4n) is 1.50. The van der Waals surface area contributed by atoms with Crippen molar-refractivity contribution in [1.29, 1.82) is 0 Å². The number of benzene rings is 1. The monoisotopic (exact) mass is 235 g/mol. The van der Waals surface area contributed by atoms with E-state index in [-0.39, 0.29) is 11.3 Å². The molecule has 5 nitrogen and oxygen atoms in total. The first kappa shape index (κ1) is 12.9. The summed E-state index contributed by atoms with van der Waals surface area (Å²) in [5.41, 5.74) is 1.27. The third kappa shape index (κ3) is 2.90. The number of hydrogen-bond acceptors (Lipinski definition) is 3. The van der Waals surface area contributed by atoms with Crippen LogP contribution in [0.15, 0.2) is 23.8 Å². The van der Waals surface area contributed by atoms with Crippen LogP contribution in [-0.4, -0.2) is 16.0 Å². The molecule has 0 unspecified atom stereocenters. The lowest BCUT2D eigenvalue weighted by atomic mass is 10.0. The average molecular weight is 235 g/mol. The number of nitrogens with zero attached hydrogens (tertiary/aromatic N) is 1. The van der Waals surface area contributed by atoms with Gasteiger partial charge in [0.05, 0.1) is 4.92 Å². The fraction of sp³-hybridized carbons (Fsp3) is 0.250. The van der Waals surface area contributed by atoms with Crippen LogP contribution in [0.1, 0.15) is 24.5 Å². The summed E-state index contributed by atoms with van der Waals surface area (Å²) in [5, 5.41) is 19.6. The van der Waals surface area contributed by atoms with Gasteiger partial charge in [0.1, 0.15) is 0 Å². The Labute approximate surface area is 98.5 Å². The van der Waals surface area contributed by atoms with Crippen molar-refractivity contribution in [2.75, 3.05) is 0 Å². The second-order valence-electron chi connectivity index (χ2n) is 3.58. The van der Waals surface area contributed by atoms with Crippen molar-refractivity contribution in [2.45, 2.75) is 20.3 Å². The Balaban J connectivity index is 3.29. The zero-order valence-electron chi connectivity index (χ0n) is 9.64. The fourth-order valence-corrected chi connectivity index (χ4v) is 1.50. The molecule has 0 heterocycles. The van der Waals surface area contributed by atoms with Gasteiger partial charge in [0.15, 0.2) is 0 Å². The summed E-state index contributed by atoms with van der Waals surface area (Å²) in [5.74, 6) is -1.00. The van der Waals surface area contributed by atoms with Gasteiger partial charge in [-0.05, 0) is 25.0 Å². The molecule has 0 aliphatic rings. The summed E-state index contributed by atoms with van der Waals surface area (Å²) in [6.07, 6.45) is 1.85. The summed E-state index contributed by atoms with van der Waals surface area (Å²) in [6.45, 7) is 3.34. The molecule has 1 rings (SSSR count). The maximum atomic E-state index is 10.9. The molecule has 17 heavy (non-hydrogen) atoms. The highest BCUT2D eigenvalue weighted by Crippen LogP contribution is 2.23. The number of rotatable bonds is 4. The number of carboxylic acid groups (broad SMARTS) is 1. The van der Waals surface area contributed by atoms with Crippen LogP contribution in [-0.2, 0) is 4.79 Å². The molecule has 90 valence electrons. The molecule has 1 N–H and O–H groups in total. The maximum Gasteiger partial charge on any atom is 0.331 e. The molecule has 0 aromatic heterocycles. The standard InChI is InChI=1S/C12H13NO4/c1-3-9(12(14)15)7-10-5-4-6-11(8(10)2)13(16)17/h4-7H,3H2,1-2H3,(H,14,15).